The molecular formula is C16H29N5. The fraction of sp³-hybridized carbons (Fsp3) is 0.875. The molecule has 0 radical (unpaired) electrons. The van der Waals surface area contributed by atoms with E-state index in [4.69, 9.17) is 0 Å². The summed E-state index contributed by atoms with van der Waals surface area (Å²) in [5.41, 5.74) is 0.362. The van der Waals surface area contributed by atoms with Gasteiger partial charge in [-0.3, -0.25) is 9.58 Å². The maximum atomic E-state index is 4.43. The van der Waals surface area contributed by atoms with Gasteiger partial charge in [0.2, 0.25) is 0 Å². The van der Waals surface area contributed by atoms with Gasteiger partial charge in [0.05, 0.1) is 6.54 Å². The standard InChI is InChI=1S/C16H29N5/c1-3-7-14-10-18-16(8-5-4-6-9-16)12-21(14)11-15-17-13-19-20(15)2/h13-14,18H,3-12H2,1-2H3. The van der Waals surface area contributed by atoms with Crippen LogP contribution in [0.3, 0.4) is 0 Å². The van der Waals surface area contributed by atoms with Crippen molar-refractivity contribution in [2.45, 2.75) is 70.0 Å². The number of rotatable bonds is 4. The molecule has 1 N–H and O–H groups in total. The molecule has 1 spiro atoms. The Morgan fingerprint density at radius 2 is 2.14 bits per heavy atom. The van der Waals surface area contributed by atoms with Crippen LogP contribution in [0.4, 0.5) is 0 Å². The molecule has 1 unspecified atom stereocenters. The molecule has 1 aliphatic carbocycles. The van der Waals surface area contributed by atoms with Gasteiger partial charge in [-0.1, -0.05) is 32.6 Å². The van der Waals surface area contributed by atoms with Crippen molar-refractivity contribution in [3.8, 4) is 0 Å². The topological polar surface area (TPSA) is 46.0 Å². The Bertz CT molecular complexity index is 449. The number of piperazine rings is 1. The lowest BCUT2D eigenvalue weighted by Gasteiger charge is -2.49. The maximum Gasteiger partial charge on any atom is 0.140 e. The Hall–Kier alpha value is -0.940. The molecule has 1 saturated carbocycles. The predicted molar refractivity (Wildman–Crippen MR) is 83.9 cm³/mol. The van der Waals surface area contributed by atoms with Crippen molar-refractivity contribution in [3.05, 3.63) is 12.2 Å². The lowest BCUT2D eigenvalue weighted by Crippen LogP contribution is -2.64. The average molecular weight is 291 g/mol. The van der Waals surface area contributed by atoms with E-state index in [1.165, 1.54) is 51.5 Å². The minimum absolute atomic E-state index is 0.362. The number of aromatic nitrogens is 3. The molecule has 5 heteroatoms. The van der Waals surface area contributed by atoms with Crippen LogP contribution < -0.4 is 5.32 Å². The summed E-state index contributed by atoms with van der Waals surface area (Å²) in [5, 5.41) is 8.13. The molecule has 2 heterocycles. The van der Waals surface area contributed by atoms with E-state index >= 15 is 0 Å². The number of nitrogens with zero attached hydrogens (tertiary/aromatic N) is 4. The Morgan fingerprint density at radius 3 is 2.81 bits per heavy atom. The number of nitrogens with one attached hydrogen (secondary N) is 1. The molecule has 2 aliphatic rings. The van der Waals surface area contributed by atoms with E-state index in [2.05, 4.69) is 27.2 Å². The van der Waals surface area contributed by atoms with Crippen molar-refractivity contribution in [2.75, 3.05) is 13.1 Å². The summed E-state index contributed by atoms with van der Waals surface area (Å²) in [4.78, 5) is 7.09. The SMILES string of the molecule is CCCC1CNC2(CCCCC2)CN1Cc1ncnn1C. The van der Waals surface area contributed by atoms with Gasteiger partial charge in [0.1, 0.15) is 12.2 Å². The van der Waals surface area contributed by atoms with Gasteiger partial charge in [-0.2, -0.15) is 5.10 Å². The van der Waals surface area contributed by atoms with Crippen molar-refractivity contribution in [1.29, 1.82) is 0 Å². The van der Waals surface area contributed by atoms with E-state index in [0.29, 0.717) is 11.6 Å². The van der Waals surface area contributed by atoms with Crippen molar-refractivity contribution >= 4 is 0 Å². The van der Waals surface area contributed by atoms with Crippen LogP contribution in [0, 0.1) is 0 Å². The Morgan fingerprint density at radius 1 is 1.33 bits per heavy atom. The van der Waals surface area contributed by atoms with Crippen LogP contribution in [0.25, 0.3) is 0 Å². The summed E-state index contributed by atoms with van der Waals surface area (Å²) >= 11 is 0. The molecule has 1 aliphatic heterocycles. The van der Waals surface area contributed by atoms with Gasteiger partial charge in [-0.05, 0) is 19.3 Å². The van der Waals surface area contributed by atoms with Crippen LogP contribution in [0.15, 0.2) is 6.33 Å². The van der Waals surface area contributed by atoms with Gasteiger partial charge < -0.3 is 5.32 Å². The highest BCUT2D eigenvalue weighted by atomic mass is 15.3. The summed E-state index contributed by atoms with van der Waals surface area (Å²) in [7, 11) is 2.00. The highest BCUT2D eigenvalue weighted by Crippen LogP contribution is 2.33. The van der Waals surface area contributed by atoms with E-state index in [1.807, 2.05) is 11.7 Å². The lowest BCUT2D eigenvalue weighted by atomic mass is 9.79. The van der Waals surface area contributed by atoms with Gasteiger partial charge in [0.25, 0.3) is 0 Å². The van der Waals surface area contributed by atoms with Gasteiger partial charge in [0.15, 0.2) is 0 Å². The van der Waals surface area contributed by atoms with E-state index in [9.17, 15) is 0 Å². The Balaban J connectivity index is 1.73. The van der Waals surface area contributed by atoms with Gasteiger partial charge in [-0.25, -0.2) is 4.98 Å². The zero-order valence-electron chi connectivity index (χ0n) is 13.5. The van der Waals surface area contributed by atoms with E-state index in [-0.39, 0.29) is 0 Å². The fourth-order valence-corrected chi connectivity index (χ4v) is 4.05. The number of aryl methyl sites for hydroxylation is 1. The van der Waals surface area contributed by atoms with Gasteiger partial charge >= 0.3 is 0 Å². The highest BCUT2D eigenvalue weighted by molar-refractivity contribution is 5.01. The first-order valence-corrected chi connectivity index (χ1v) is 8.54. The summed E-state index contributed by atoms with van der Waals surface area (Å²) in [6.45, 7) is 5.52. The zero-order chi connectivity index (χ0) is 14.7. The second-order valence-electron chi connectivity index (χ2n) is 6.87. The van der Waals surface area contributed by atoms with Crippen LogP contribution in [-0.4, -0.2) is 44.3 Å². The third kappa shape index (κ3) is 3.29. The molecule has 3 rings (SSSR count). The van der Waals surface area contributed by atoms with Gasteiger partial charge in [-0.15, -0.1) is 0 Å². The molecule has 21 heavy (non-hydrogen) atoms. The number of hydrogen-bond acceptors (Lipinski definition) is 4. The molecule has 2 fully saturated rings. The second kappa shape index (κ2) is 6.44. The molecule has 0 amide bonds. The predicted octanol–water partition coefficient (Wildman–Crippen LogP) is 2.09. The summed E-state index contributed by atoms with van der Waals surface area (Å²) in [5.74, 6) is 1.09. The minimum atomic E-state index is 0.362. The van der Waals surface area contributed by atoms with Crippen LogP contribution in [0.1, 0.15) is 57.7 Å². The normalized spacial score (nSPS) is 26.3. The molecule has 5 nitrogen and oxygen atoms in total. The van der Waals surface area contributed by atoms with Crippen LogP contribution in [-0.2, 0) is 13.6 Å². The van der Waals surface area contributed by atoms with Crippen molar-refractivity contribution in [2.24, 2.45) is 7.05 Å². The fourth-order valence-electron chi connectivity index (χ4n) is 4.05. The maximum absolute atomic E-state index is 4.43. The van der Waals surface area contributed by atoms with Crippen LogP contribution >= 0.6 is 0 Å². The van der Waals surface area contributed by atoms with Crippen LogP contribution in [0.2, 0.25) is 0 Å². The smallest absolute Gasteiger partial charge is 0.140 e. The molecule has 118 valence electrons. The Kier molecular flexibility index (Phi) is 4.60. The largest absolute Gasteiger partial charge is 0.308 e. The zero-order valence-corrected chi connectivity index (χ0v) is 13.5. The van der Waals surface area contributed by atoms with E-state index in [0.717, 1.165) is 18.9 Å². The van der Waals surface area contributed by atoms with E-state index < -0.39 is 0 Å². The summed E-state index contributed by atoms with van der Waals surface area (Å²) < 4.78 is 1.92. The minimum Gasteiger partial charge on any atom is -0.308 e. The molecule has 1 aromatic heterocycles. The average Bonchev–Trinajstić information content (AvgIpc) is 2.89. The molecule has 0 aromatic carbocycles. The first-order chi connectivity index (χ1) is 10.2. The molecular weight excluding hydrogens is 262 g/mol. The quantitative estimate of drug-likeness (QED) is 0.923. The molecule has 0 bridgehead atoms. The third-order valence-electron chi connectivity index (χ3n) is 5.32. The van der Waals surface area contributed by atoms with Crippen molar-refractivity contribution in [3.63, 3.8) is 0 Å². The second-order valence-corrected chi connectivity index (χ2v) is 6.87. The summed E-state index contributed by atoms with van der Waals surface area (Å²) in [6.07, 6.45) is 11.0. The van der Waals surface area contributed by atoms with E-state index in [1.54, 1.807) is 6.33 Å². The molecule has 1 saturated heterocycles. The number of hydrogen-bond donors (Lipinski definition) is 1. The molecule has 1 aromatic rings. The third-order valence-corrected chi connectivity index (χ3v) is 5.32. The monoisotopic (exact) mass is 291 g/mol. The van der Waals surface area contributed by atoms with Crippen molar-refractivity contribution < 1.29 is 0 Å². The molecule has 1 atom stereocenters. The Labute approximate surface area is 128 Å². The van der Waals surface area contributed by atoms with Crippen LogP contribution in [0.5, 0.6) is 0 Å². The first-order valence-electron chi connectivity index (χ1n) is 8.54. The first kappa shape index (κ1) is 15.0. The summed E-state index contributed by atoms with van der Waals surface area (Å²) in [6, 6.07) is 0.638. The highest BCUT2D eigenvalue weighted by Gasteiger charge is 2.39. The lowest BCUT2D eigenvalue weighted by molar-refractivity contribution is 0.0436. The van der Waals surface area contributed by atoms with Gasteiger partial charge in [0, 0.05) is 31.7 Å². The van der Waals surface area contributed by atoms with Crippen molar-refractivity contribution in [1.82, 2.24) is 25.0 Å².